The molecule has 158 valence electrons. The molecule has 0 radical (unpaired) electrons. The minimum Gasteiger partial charge on any atom is -0.444 e. The Bertz CT molecular complexity index is 636. The van der Waals surface area contributed by atoms with Gasteiger partial charge in [-0.2, -0.15) is 0 Å². The molecule has 3 heterocycles. The van der Waals surface area contributed by atoms with E-state index in [-0.39, 0.29) is 24.1 Å². The van der Waals surface area contributed by atoms with Crippen LogP contribution in [0.2, 0.25) is 0 Å². The van der Waals surface area contributed by atoms with E-state index in [4.69, 9.17) is 9.47 Å². The van der Waals surface area contributed by atoms with E-state index >= 15 is 0 Å². The number of amides is 3. The Balaban J connectivity index is 1.60. The molecule has 0 aromatic rings. The van der Waals surface area contributed by atoms with Crippen molar-refractivity contribution >= 4 is 18.1 Å². The third kappa shape index (κ3) is 4.11. The van der Waals surface area contributed by atoms with Crippen molar-refractivity contribution in [1.82, 2.24) is 14.7 Å². The Kier molecular flexibility index (Phi) is 5.62. The van der Waals surface area contributed by atoms with Crippen LogP contribution in [0, 0.1) is 0 Å². The van der Waals surface area contributed by atoms with Gasteiger partial charge in [-0.25, -0.2) is 14.5 Å². The summed E-state index contributed by atoms with van der Waals surface area (Å²) in [5.41, 5.74) is -1.54. The first-order valence-corrected chi connectivity index (χ1v) is 10.3. The first-order chi connectivity index (χ1) is 13.0. The molecular formula is C20H33N3O5. The van der Waals surface area contributed by atoms with E-state index in [0.717, 1.165) is 25.8 Å². The number of ether oxygens (including phenoxy) is 2. The van der Waals surface area contributed by atoms with Crippen molar-refractivity contribution in [3.8, 4) is 0 Å². The molecule has 3 fully saturated rings. The molecule has 3 saturated heterocycles. The first-order valence-electron chi connectivity index (χ1n) is 10.3. The Morgan fingerprint density at radius 2 is 1.82 bits per heavy atom. The molecule has 3 rings (SSSR count). The van der Waals surface area contributed by atoms with Crippen LogP contribution in [-0.2, 0) is 14.3 Å². The molecule has 0 N–H and O–H groups in total. The third-order valence-corrected chi connectivity index (χ3v) is 5.72. The summed E-state index contributed by atoms with van der Waals surface area (Å²) in [6.45, 7) is 11.8. The zero-order valence-electron chi connectivity index (χ0n) is 17.7. The number of carbonyl (C=O) groups excluding carboxylic acids is 3. The van der Waals surface area contributed by atoms with Gasteiger partial charge < -0.3 is 14.4 Å². The zero-order valence-corrected chi connectivity index (χ0v) is 17.7. The standard InChI is InChI=1S/C20H33N3O5/c1-14(2)23-16(24)20(28-18(23)26)9-6-10-22(13-20)15-7-11-21(12-8-15)17(25)27-19(3,4)5/h14-15H,6-13H2,1-5H3. The van der Waals surface area contributed by atoms with Crippen molar-refractivity contribution in [1.29, 1.82) is 0 Å². The highest BCUT2D eigenvalue weighted by Crippen LogP contribution is 2.36. The van der Waals surface area contributed by atoms with Crippen LogP contribution < -0.4 is 0 Å². The average Bonchev–Trinajstić information content (AvgIpc) is 2.83. The zero-order chi connectivity index (χ0) is 20.7. The van der Waals surface area contributed by atoms with Gasteiger partial charge in [0.25, 0.3) is 5.91 Å². The van der Waals surface area contributed by atoms with Crippen molar-refractivity contribution in [2.45, 2.75) is 83.6 Å². The lowest BCUT2D eigenvalue weighted by molar-refractivity contribution is -0.143. The molecule has 0 aromatic carbocycles. The van der Waals surface area contributed by atoms with Gasteiger partial charge in [-0.1, -0.05) is 0 Å². The van der Waals surface area contributed by atoms with Crippen molar-refractivity contribution in [2.24, 2.45) is 0 Å². The Labute approximate surface area is 167 Å². The summed E-state index contributed by atoms with van der Waals surface area (Å²) in [7, 11) is 0. The molecule has 28 heavy (non-hydrogen) atoms. The van der Waals surface area contributed by atoms with Crippen LogP contribution >= 0.6 is 0 Å². The van der Waals surface area contributed by atoms with E-state index in [0.29, 0.717) is 26.1 Å². The minimum atomic E-state index is -1.04. The number of carbonyl (C=O) groups is 3. The quantitative estimate of drug-likeness (QED) is 0.715. The number of likely N-dealkylation sites (tertiary alicyclic amines) is 2. The van der Waals surface area contributed by atoms with Crippen molar-refractivity contribution < 1.29 is 23.9 Å². The van der Waals surface area contributed by atoms with Crippen LogP contribution in [0.5, 0.6) is 0 Å². The van der Waals surface area contributed by atoms with Crippen LogP contribution in [0.3, 0.4) is 0 Å². The van der Waals surface area contributed by atoms with Gasteiger partial charge in [0.05, 0.1) is 0 Å². The summed E-state index contributed by atoms with van der Waals surface area (Å²) in [4.78, 5) is 42.7. The highest BCUT2D eigenvalue weighted by molar-refractivity contribution is 6.03. The molecule has 1 unspecified atom stereocenters. The van der Waals surface area contributed by atoms with Crippen molar-refractivity contribution in [3.63, 3.8) is 0 Å². The Hall–Kier alpha value is -1.83. The molecule has 3 aliphatic rings. The molecular weight excluding hydrogens is 362 g/mol. The summed E-state index contributed by atoms with van der Waals surface area (Å²) >= 11 is 0. The fourth-order valence-corrected chi connectivity index (χ4v) is 4.37. The molecule has 1 atom stereocenters. The van der Waals surface area contributed by atoms with Crippen molar-refractivity contribution in [2.75, 3.05) is 26.2 Å². The fraction of sp³-hybridized carbons (Fsp3) is 0.850. The Morgan fingerprint density at radius 1 is 1.18 bits per heavy atom. The lowest BCUT2D eigenvalue weighted by Crippen LogP contribution is -2.58. The molecule has 3 aliphatic heterocycles. The lowest BCUT2D eigenvalue weighted by atomic mass is 9.89. The Morgan fingerprint density at radius 3 is 2.36 bits per heavy atom. The lowest BCUT2D eigenvalue weighted by Gasteiger charge is -2.44. The molecule has 1 spiro atoms. The first kappa shape index (κ1) is 20.9. The SMILES string of the molecule is CC(C)N1C(=O)OC2(CCCN(C3CCN(C(=O)OC(C)(C)C)CC3)C2)C1=O. The largest absolute Gasteiger partial charge is 0.444 e. The van der Waals surface area contributed by atoms with Gasteiger partial charge in [-0.05, 0) is 66.8 Å². The number of nitrogens with zero attached hydrogens (tertiary/aromatic N) is 3. The van der Waals surface area contributed by atoms with Gasteiger partial charge in [0.2, 0.25) is 5.60 Å². The number of imide groups is 1. The molecule has 0 aromatic heterocycles. The van der Waals surface area contributed by atoms with Crippen LogP contribution in [0.15, 0.2) is 0 Å². The monoisotopic (exact) mass is 395 g/mol. The van der Waals surface area contributed by atoms with E-state index < -0.39 is 17.3 Å². The van der Waals surface area contributed by atoms with Crippen LogP contribution in [0.25, 0.3) is 0 Å². The topological polar surface area (TPSA) is 79.4 Å². The minimum absolute atomic E-state index is 0.202. The maximum Gasteiger partial charge on any atom is 0.418 e. The maximum atomic E-state index is 12.9. The molecule has 0 saturated carbocycles. The summed E-state index contributed by atoms with van der Waals surface area (Å²) in [6.07, 6.45) is 2.25. The van der Waals surface area contributed by atoms with Gasteiger partial charge in [-0.3, -0.25) is 9.69 Å². The predicted octanol–water partition coefficient (Wildman–Crippen LogP) is 2.61. The van der Waals surface area contributed by atoms with Crippen LogP contribution in [0.1, 0.15) is 60.3 Å². The van der Waals surface area contributed by atoms with Crippen molar-refractivity contribution in [3.05, 3.63) is 0 Å². The molecule has 0 aliphatic carbocycles. The molecule has 3 amide bonds. The van der Waals surface area contributed by atoms with Gasteiger partial charge >= 0.3 is 12.2 Å². The summed E-state index contributed by atoms with van der Waals surface area (Å²) in [5, 5.41) is 0. The second kappa shape index (κ2) is 7.54. The van der Waals surface area contributed by atoms with E-state index in [9.17, 15) is 14.4 Å². The molecule has 8 nitrogen and oxygen atoms in total. The van der Waals surface area contributed by atoms with Gasteiger partial charge in [0.15, 0.2) is 0 Å². The van der Waals surface area contributed by atoms with Crippen LogP contribution in [-0.4, -0.2) is 82.3 Å². The van der Waals surface area contributed by atoms with Crippen LogP contribution in [0.4, 0.5) is 9.59 Å². The van der Waals surface area contributed by atoms with Gasteiger partial charge in [-0.15, -0.1) is 0 Å². The summed E-state index contributed by atoms with van der Waals surface area (Å²) in [6, 6.07) is 0.0716. The fourth-order valence-electron chi connectivity index (χ4n) is 4.37. The smallest absolute Gasteiger partial charge is 0.418 e. The van der Waals surface area contributed by atoms with E-state index in [1.807, 2.05) is 34.6 Å². The van der Waals surface area contributed by atoms with Gasteiger partial charge in [0, 0.05) is 31.7 Å². The summed E-state index contributed by atoms with van der Waals surface area (Å²) in [5.74, 6) is -0.205. The van der Waals surface area contributed by atoms with E-state index in [1.54, 1.807) is 4.90 Å². The van der Waals surface area contributed by atoms with E-state index in [2.05, 4.69) is 4.90 Å². The maximum absolute atomic E-state index is 12.9. The average molecular weight is 396 g/mol. The number of hydrogen-bond donors (Lipinski definition) is 0. The summed E-state index contributed by atoms with van der Waals surface area (Å²) < 4.78 is 11.1. The second-order valence-corrected chi connectivity index (χ2v) is 9.40. The number of hydrogen-bond acceptors (Lipinski definition) is 6. The predicted molar refractivity (Wildman–Crippen MR) is 103 cm³/mol. The third-order valence-electron chi connectivity index (χ3n) is 5.72. The highest BCUT2D eigenvalue weighted by atomic mass is 16.6. The highest BCUT2D eigenvalue weighted by Gasteiger charge is 2.56. The molecule has 8 heteroatoms. The number of piperidine rings is 2. The molecule has 0 bridgehead atoms. The normalized spacial score (nSPS) is 27.6. The van der Waals surface area contributed by atoms with E-state index in [1.165, 1.54) is 4.90 Å². The van der Waals surface area contributed by atoms with Gasteiger partial charge in [0.1, 0.15) is 5.60 Å². The number of rotatable bonds is 2. The second-order valence-electron chi connectivity index (χ2n) is 9.40.